The minimum absolute atomic E-state index is 0.0153. The van der Waals surface area contributed by atoms with E-state index in [1.807, 2.05) is 0 Å². The third kappa shape index (κ3) is 3.55. The van der Waals surface area contributed by atoms with Gasteiger partial charge < -0.3 is 14.5 Å². The first kappa shape index (κ1) is 16.4. The fourth-order valence-corrected chi connectivity index (χ4v) is 3.35. The molecule has 2 fully saturated rings. The van der Waals surface area contributed by atoms with E-state index in [-0.39, 0.29) is 17.9 Å². The molecule has 0 spiro atoms. The van der Waals surface area contributed by atoms with Crippen molar-refractivity contribution in [2.75, 3.05) is 32.8 Å². The number of rotatable bonds is 2. The van der Waals surface area contributed by atoms with Crippen LogP contribution in [-0.4, -0.2) is 60.5 Å². The number of benzene rings is 1. The molecule has 1 aromatic carbocycles. The Morgan fingerprint density at radius 1 is 1.17 bits per heavy atom. The molecule has 3 rings (SSSR count). The number of ether oxygens (including phenoxy) is 1. The van der Waals surface area contributed by atoms with E-state index in [9.17, 15) is 14.0 Å². The van der Waals surface area contributed by atoms with Crippen molar-refractivity contribution in [1.29, 1.82) is 0 Å². The molecule has 2 amide bonds. The molecule has 1 unspecified atom stereocenters. The molecule has 1 aromatic rings. The Hall–Kier alpha value is -1.47. The maximum absolute atomic E-state index is 13.4. The predicted molar refractivity (Wildman–Crippen MR) is 85.6 cm³/mol. The zero-order valence-electron chi connectivity index (χ0n) is 12.6. The zero-order chi connectivity index (χ0) is 16.4. The summed E-state index contributed by atoms with van der Waals surface area (Å²) in [6.45, 7) is 2.50. The molecular formula is C16H18BrFN2O3. The summed E-state index contributed by atoms with van der Waals surface area (Å²) in [6, 6.07) is 4.06. The number of hydrogen-bond acceptors (Lipinski definition) is 3. The Labute approximate surface area is 142 Å². The van der Waals surface area contributed by atoms with Crippen LogP contribution in [0.25, 0.3) is 0 Å². The van der Waals surface area contributed by atoms with Gasteiger partial charge in [0, 0.05) is 37.3 Å². The highest BCUT2D eigenvalue weighted by atomic mass is 79.9. The van der Waals surface area contributed by atoms with Crippen molar-refractivity contribution in [2.24, 2.45) is 0 Å². The number of carbonyl (C=O) groups is 2. The highest BCUT2D eigenvalue weighted by molar-refractivity contribution is 9.10. The molecule has 23 heavy (non-hydrogen) atoms. The SMILES string of the molecule is O=C(c1cc(F)ccc1Br)N1CCN(C(=O)C2CCCO2)CC1. The third-order valence-corrected chi connectivity index (χ3v) is 4.93. The van der Waals surface area contributed by atoms with Crippen molar-refractivity contribution in [2.45, 2.75) is 18.9 Å². The summed E-state index contributed by atoms with van der Waals surface area (Å²) in [6.07, 6.45) is 1.37. The molecule has 2 saturated heterocycles. The summed E-state index contributed by atoms with van der Waals surface area (Å²) < 4.78 is 19.3. The fraction of sp³-hybridized carbons (Fsp3) is 0.500. The molecule has 0 N–H and O–H groups in total. The van der Waals surface area contributed by atoms with E-state index in [4.69, 9.17) is 4.74 Å². The van der Waals surface area contributed by atoms with Gasteiger partial charge in [0.25, 0.3) is 11.8 Å². The number of piperazine rings is 1. The first-order chi connectivity index (χ1) is 11.1. The van der Waals surface area contributed by atoms with Gasteiger partial charge in [-0.25, -0.2) is 4.39 Å². The van der Waals surface area contributed by atoms with Crippen LogP contribution in [0.5, 0.6) is 0 Å². The molecule has 7 heteroatoms. The zero-order valence-corrected chi connectivity index (χ0v) is 14.2. The summed E-state index contributed by atoms with van der Waals surface area (Å²) in [4.78, 5) is 28.2. The van der Waals surface area contributed by atoms with Crippen molar-refractivity contribution in [1.82, 2.24) is 9.80 Å². The van der Waals surface area contributed by atoms with Gasteiger partial charge in [-0.2, -0.15) is 0 Å². The Morgan fingerprint density at radius 2 is 1.87 bits per heavy atom. The summed E-state index contributed by atoms with van der Waals surface area (Å²) in [5, 5.41) is 0. The van der Waals surface area contributed by atoms with Crippen molar-refractivity contribution < 1.29 is 18.7 Å². The van der Waals surface area contributed by atoms with Gasteiger partial charge in [-0.15, -0.1) is 0 Å². The molecule has 1 atom stereocenters. The second kappa shape index (κ2) is 6.97. The van der Waals surface area contributed by atoms with Crippen LogP contribution in [-0.2, 0) is 9.53 Å². The summed E-state index contributed by atoms with van der Waals surface area (Å²) in [5.41, 5.74) is 0.309. The van der Waals surface area contributed by atoms with Gasteiger partial charge in [-0.1, -0.05) is 0 Å². The number of hydrogen-bond donors (Lipinski definition) is 0. The van der Waals surface area contributed by atoms with Crippen molar-refractivity contribution >= 4 is 27.7 Å². The lowest BCUT2D eigenvalue weighted by Crippen LogP contribution is -2.52. The van der Waals surface area contributed by atoms with Crippen LogP contribution in [0.15, 0.2) is 22.7 Å². The van der Waals surface area contributed by atoms with Gasteiger partial charge in [0.05, 0.1) is 5.56 Å². The van der Waals surface area contributed by atoms with Crippen LogP contribution >= 0.6 is 15.9 Å². The molecule has 0 aromatic heterocycles. The van der Waals surface area contributed by atoms with Crippen LogP contribution in [0.1, 0.15) is 23.2 Å². The lowest BCUT2D eigenvalue weighted by Gasteiger charge is -2.35. The van der Waals surface area contributed by atoms with Crippen molar-refractivity contribution in [3.05, 3.63) is 34.1 Å². The molecule has 5 nitrogen and oxygen atoms in total. The largest absolute Gasteiger partial charge is 0.368 e. The standard InChI is InChI=1S/C16H18BrFN2O3/c17-13-4-3-11(18)10-12(13)15(21)19-5-7-20(8-6-19)16(22)14-2-1-9-23-14/h3-4,10,14H,1-2,5-9H2. The van der Waals surface area contributed by atoms with E-state index in [2.05, 4.69) is 15.9 Å². The normalized spacial score (nSPS) is 21.6. The first-order valence-corrected chi connectivity index (χ1v) is 8.50. The second-order valence-electron chi connectivity index (χ2n) is 5.74. The molecule has 2 aliphatic rings. The topological polar surface area (TPSA) is 49.9 Å². The number of nitrogens with zero attached hydrogens (tertiary/aromatic N) is 2. The van der Waals surface area contributed by atoms with Crippen LogP contribution in [0.3, 0.4) is 0 Å². The Kier molecular flexibility index (Phi) is 4.96. The average Bonchev–Trinajstić information content (AvgIpc) is 3.10. The molecular weight excluding hydrogens is 367 g/mol. The highest BCUT2D eigenvalue weighted by Gasteiger charge is 2.31. The maximum Gasteiger partial charge on any atom is 0.255 e. The lowest BCUT2D eigenvalue weighted by molar-refractivity contribution is -0.142. The van der Waals surface area contributed by atoms with Crippen molar-refractivity contribution in [3.63, 3.8) is 0 Å². The fourth-order valence-electron chi connectivity index (χ4n) is 2.94. The van der Waals surface area contributed by atoms with Crippen LogP contribution in [0, 0.1) is 5.82 Å². The van der Waals surface area contributed by atoms with Crippen LogP contribution < -0.4 is 0 Å². The first-order valence-electron chi connectivity index (χ1n) is 7.71. The van der Waals surface area contributed by atoms with Gasteiger partial charge >= 0.3 is 0 Å². The average molecular weight is 385 g/mol. The van der Waals surface area contributed by atoms with E-state index < -0.39 is 5.82 Å². The van der Waals surface area contributed by atoms with Gasteiger partial charge in [-0.05, 0) is 47.0 Å². The van der Waals surface area contributed by atoms with Crippen LogP contribution in [0.4, 0.5) is 4.39 Å². The minimum atomic E-state index is -0.441. The summed E-state index contributed by atoms with van der Waals surface area (Å²) in [5.74, 6) is -0.647. The smallest absolute Gasteiger partial charge is 0.255 e. The van der Waals surface area contributed by atoms with Gasteiger partial charge in [0.15, 0.2) is 0 Å². The maximum atomic E-state index is 13.4. The molecule has 2 aliphatic heterocycles. The van der Waals surface area contributed by atoms with E-state index in [0.717, 1.165) is 12.8 Å². The monoisotopic (exact) mass is 384 g/mol. The Balaban J connectivity index is 1.61. The molecule has 0 radical (unpaired) electrons. The molecule has 2 heterocycles. The Morgan fingerprint density at radius 3 is 2.52 bits per heavy atom. The van der Waals surface area contributed by atoms with E-state index >= 15 is 0 Å². The lowest BCUT2D eigenvalue weighted by atomic mass is 10.1. The van der Waals surface area contributed by atoms with E-state index in [1.165, 1.54) is 18.2 Å². The Bertz CT molecular complexity index is 611. The number of carbonyl (C=O) groups excluding carboxylic acids is 2. The number of amides is 2. The van der Waals surface area contributed by atoms with Gasteiger partial charge in [0.1, 0.15) is 11.9 Å². The summed E-state index contributed by atoms with van der Waals surface area (Å²) >= 11 is 3.28. The quantitative estimate of drug-likeness (QED) is 0.783. The number of halogens is 2. The highest BCUT2D eigenvalue weighted by Crippen LogP contribution is 2.21. The predicted octanol–water partition coefficient (Wildman–Crippen LogP) is 2.05. The molecule has 124 valence electrons. The van der Waals surface area contributed by atoms with Crippen LogP contribution in [0.2, 0.25) is 0 Å². The third-order valence-electron chi connectivity index (χ3n) is 4.24. The molecule has 0 bridgehead atoms. The van der Waals surface area contributed by atoms with Crippen molar-refractivity contribution in [3.8, 4) is 0 Å². The molecule has 0 aliphatic carbocycles. The second-order valence-corrected chi connectivity index (χ2v) is 6.60. The van der Waals surface area contributed by atoms with E-state index in [0.29, 0.717) is 42.8 Å². The summed E-state index contributed by atoms with van der Waals surface area (Å²) in [7, 11) is 0. The van der Waals surface area contributed by atoms with E-state index in [1.54, 1.807) is 9.80 Å². The molecule has 0 saturated carbocycles. The van der Waals surface area contributed by atoms with Gasteiger partial charge in [0.2, 0.25) is 0 Å². The minimum Gasteiger partial charge on any atom is -0.368 e. The van der Waals surface area contributed by atoms with Gasteiger partial charge in [-0.3, -0.25) is 9.59 Å².